The lowest BCUT2D eigenvalue weighted by Gasteiger charge is -2.18. The summed E-state index contributed by atoms with van der Waals surface area (Å²) in [4.78, 5) is 16.3. The Labute approximate surface area is 148 Å². The lowest BCUT2D eigenvalue weighted by molar-refractivity contribution is -0.137. The number of nitrogens with one attached hydrogen (secondary N) is 2. The second-order valence-electron chi connectivity index (χ2n) is 6.27. The summed E-state index contributed by atoms with van der Waals surface area (Å²) in [6.45, 7) is 0.0391. The smallest absolute Gasteiger partial charge is 0.334 e. The maximum atomic E-state index is 12.8. The average Bonchev–Trinajstić information content (AvgIpc) is 3.25. The number of alkyl halides is 3. The fourth-order valence-corrected chi connectivity index (χ4v) is 4.11. The fourth-order valence-electron chi connectivity index (χ4n) is 2.57. The zero-order chi connectivity index (χ0) is 18.9. The Hall–Kier alpha value is -1.85. The fraction of sp³-hybridized carbons (Fsp3) is 0.533. The van der Waals surface area contributed by atoms with Crippen LogP contribution in [-0.4, -0.2) is 44.0 Å². The average molecular weight is 393 g/mol. The number of sulfonamides is 1. The van der Waals surface area contributed by atoms with E-state index < -0.39 is 38.8 Å². The zero-order valence-electron chi connectivity index (χ0n) is 13.6. The van der Waals surface area contributed by atoms with Crippen molar-refractivity contribution in [3.05, 3.63) is 29.8 Å². The number of rotatable bonds is 5. The van der Waals surface area contributed by atoms with E-state index in [0.717, 1.165) is 35.3 Å². The van der Waals surface area contributed by atoms with Gasteiger partial charge in [-0.05, 0) is 37.5 Å². The molecule has 1 heterocycles. The van der Waals surface area contributed by atoms with Crippen molar-refractivity contribution >= 4 is 16.1 Å². The van der Waals surface area contributed by atoms with Crippen LogP contribution in [0.3, 0.4) is 0 Å². The van der Waals surface area contributed by atoms with Crippen LogP contribution < -0.4 is 10.8 Å². The van der Waals surface area contributed by atoms with Gasteiger partial charge in [-0.1, -0.05) is 6.07 Å². The summed E-state index contributed by atoms with van der Waals surface area (Å²) in [5, 5.41) is 2.65. The van der Waals surface area contributed by atoms with Gasteiger partial charge < -0.3 is 5.32 Å². The van der Waals surface area contributed by atoms with E-state index in [1.807, 2.05) is 0 Å². The molecule has 1 atom stereocenters. The summed E-state index contributed by atoms with van der Waals surface area (Å²) >= 11 is 0. The molecule has 2 amide bonds. The van der Waals surface area contributed by atoms with Crippen LogP contribution in [0.15, 0.2) is 29.2 Å². The van der Waals surface area contributed by atoms with Crippen molar-refractivity contribution in [2.45, 2.75) is 42.5 Å². The molecule has 26 heavy (non-hydrogen) atoms. The Morgan fingerprint density at radius 3 is 2.62 bits per heavy atom. The van der Waals surface area contributed by atoms with E-state index in [1.165, 1.54) is 0 Å². The number of urea groups is 1. The molecular weight excluding hydrogens is 375 g/mol. The number of carbonyl (C=O) groups excluding carboxylic acids is 1. The molecule has 11 heteroatoms. The van der Waals surface area contributed by atoms with E-state index in [1.54, 1.807) is 0 Å². The molecule has 0 aromatic heterocycles. The number of carbonyl (C=O) groups is 1. The second kappa shape index (κ2) is 7.05. The van der Waals surface area contributed by atoms with Crippen LogP contribution >= 0.6 is 0 Å². The SMILES string of the molecule is O=C(NOC1CCN(S(=O)(=O)c2cccc(C(F)(F)F)c2)C1)NC1CC1. The van der Waals surface area contributed by atoms with Gasteiger partial charge in [-0.3, -0.25) is 4.84 Å². The summed E-state index contributed by atoms with van der Waals surface area (Å²) in [7, 11) is -4.08. The molecule has 2 N–H and O–H groups in total. The van der Waals surface area contributed by atoms with Crippen LogP contribution in [0.1, 0.15) is 24.8 Å². The third kappa shape index (κ3) is 4.46. The molecule has 0 spiro atoms. The van der Waals surface area contributed by atoms with Crippen LogP contribution in [-0.2, 0) is 21.0 Å². The van der Waals surface area contributed by atoms with Gasteiger partial charge in [0.15, 0.2) is 0 Å². The van der Waals surface area contributed by atoms with E-state index in [0.29, 0.717) is 12.5 Å². The standard InChI is InChI=1S/C15H18F3N3O4S/c16-15(17,18)10-2-1-3-13(8-10)26(23,24)21-7-6-12(9-21)25-20-14(22)19-11-4-5-11/h1-3,8,11-12H,4-7,9H2,(H2,19,20,22). The van der Waals surface area contributed by atoms with Gasteiger partial charge in [-0.25, -0.2) is 18.7 Å². The number of halogens is 3. The number of hydrogen-bond donors (Lipinski definition) is 2. The molecule has 0 bridgehead atoms. The summed E-state index contributed by atoms with van der Waals surface area (Å²) in [6.07, 6.45) is -3.04. The highest BCUT2D eigenvalue weighted by atomic mass is 32.2. The summed E-state index contributed by atoms with van der Waals surface area (Å²) in [5.41, 5.74) is 1.19. The van der Waals surface area contributed by atoms with Crippen LogP contribution in [0, 0.1) is 0 Å². The highest BCUT2D eigenvalue weighted by Crippen LogP contribution is 2.31. The molecule has 3 rings (SSSR count). The van der Waals surface area contributed by atoms with Crippen molar-refractivity contribution in [2.24, 2.45) is 0 Å². The van der Waals surface area contributed by atoms with E-state index in [9.17, 15) is 26.4 Å². The van der Waals surface area contributed by atoms with Gasteiger partial charge in [0.05, 0.1) is 10.5 Å². The van der Waals surface area contributed by atoms with Gasteiger partial charge in [0, 0.05) is 19.1 Å². The first-order chi connectivity index (χ1) is 12.2. The quantitative estimate of drug-likeness (QED) is 0.748. The van der Waals surface area contributed by atoms with Crippen molar-refractivity contribution in [3.63, 3.8) is 0 Å². The summed E-state index contributed by atoms with van der Waals surface area (Å²) < 4.78 is 64.5. The maximum absolute atomic E-state index is 12.8. The Balaban J connectivity index is 1.61. The molecule has 1 aromatic rings. The Kier molecular flexibility index (Phi) is 5.13. The number of nitrogens with zero attached hydrogens (tertiary/aromatic N) is 1. The molecular formula is C15H18F3N3O4S. The van der Waals surface area contributed by atoms with Gasteiger partial charge >= 0.3 is 12.2 Å². The predicted octanol–water partition coefficient (Wildman–Crippen LogP) is 1.86. The Bertz CT molecular complexity index is 781. The summed E-state index contributed by atoms with van der Waals surface area (Å²) in [6, 6.07) is 3.28. The molecule has 1 saturated heterocycles. The third-order valence-electron chi connectivity index (χ3n) is 4.14. The lowest BCUT2D eigenvalue weighted by Crippen LogP contribution is -2.40. The van der Waals surface area contributed by atoms with Crippen LogP contribution in [0.25, 0.3) is 0 Å². The molecule has 144 valence electrons. The largest absolute Gasteiger partial charge is 0.416 e. The van der Waals surface area contributed by atoms with Gasteiger partial charge in [-0.2, -0.15) is 17.5 Å². The minimum absolute atomic E-state index is 0.0533. The first-order valence-corrected chi connectivity index (χ1v) is 9.50. The van der Waals surface area contributed by atoms with Gasteiger partial charge in [-0.15, -0.1) is 0 Å². The number of hydroxylamine groups is 1. The number of hydrogen-bond acceptors (Lipinski definition) is 4. The predicted molar refractivity (Wildman–Crippen MR) is 84.4 cm³/mol. The van der Waals surface area contributed by atoms with Crippen molar-refractivity contribution in [2.75, 3.05) is 13.1 Å². The molecule has 2 fully saturated rings. The van der Waals surface area contributed by atoms with Crippen molar-refractivity contribution in [3.8, 4) is 0 Å². The van der Waals surface area contributed by atoms with Crippen molar-refractivity contribution in [1.29, 1.82) is 0 Å². The maximum Gasteiger partial charge on any atom is 0.416 e. The van der Waals surface area contributed by atoms with Crippen LogP contribution in [0.4, 0.5) is 18.0 Å². The molecule has 1 saturated carbocycles. The van der Waals surface area contributed by atoms with E-state index in [2.05, 4.69) is 10.8 Å². The first-order valence-electron chi connectivity index (χ1n) is 8.06. The number of benzene rings is 1. The molecule has 1 unspecified atom stereocenters. The normalized spacial score (nSPS) is 21.6. The summed E-state index contributed by atoms with van der Waals surface area (Å²) in [5.74, 6) is 0. The molecule has 1 aromatic carbocycles. The molecule has 1 aliphatic heterocycles. The first kappa shape index (κ1) is 18.9. The van der Waals surface area contributed by atoms with Gasteiger partial charge in [0.2, 0.25) is 10.0 Å². The zero-order valence-corrected chi connectivity index (χ0v) is 14.4. The second-order valence-corrected chi connectivity index (χ2v) is 8.20. The Morgan fingerprint density at radius 2 is 1.96 bits per heavy atom. The molecule has 2 aliphatic rings. The molecule has 1 aliphatic carbocycles. The minimum Gasteiger partial charge on any atom is -0.334 e. The molecule has 0 radical (unpaired) electrons. The topological polar surface area (TPSA) is 87.7 Å². The van der Waals surface area contributed by atoms with Crippen molar-refractivity contribution in [1.82, 2.24) is 15.1 Å². The van der Waals surface area contributed by atoms with E-state index >= 15 is 0 Å². The van der Waals surface area contributed by atoms with Crippen LogP contribution in [0.5, 0.6) is 0 Å². The minimum atomic E-state index is -4.62. The molecule has 7 nitrogen and oxygen atoms in total. The van der Waals surface area contributed by atoms with Gasteiger partial charge in [0.25, 0.3) is 0 Å². The van der Waals surface area contributed by atoms with Crippen molar-refractivity contribution < 1.29 is 31.2 Å². The number of amides is 2. The van der Waals surface area contributed by atoms with Crippen LogP contribution in [0.2, 0.25) is 0 Å². The highest BCUT2D eigenvalue weighted by molar-refractivity contribution is 7.89. The van der Waals surface area contributed by atoms with Gasteiger partial charge in [0.1, 0.15) is 6.10 Å². The third-order valence-corrected chi connectivity index (χ3v) is 6.00. The lowest BCUT2D eigenvalue weighted by atomic mass is 10.2. The Morgan fingerprint density at radius 1 is 1.23 bits per heavy atom. The van der Waals surface area contributed by atoms with E-state index in [-0.39, 0.29) is 19.1 Å². The monoisotopic (exact) mass is 393 g/mol. The highest BCUT2D eigenvalue weighted by Gasteiger charge is 2.36. The van der Waals surface area contributed by atoms with E-state index in [4.69, 9.17) is 4.84 Å².